The van der Waals surface area contributed by atoms with Crippen LogP contribution in [-0.2, 0) is 11.3 Å². The summed E-state index contributed by atoms with van der Waals surface area (Å²) in [5.41, 5.74) is 0.956. The van der Waals surface area contributed by atoms with Crippen molar-refractivity contribution >= 4 is 5.91 Å². The van der Waals surface area contributed by atoms with Gasteiger partial charge in [0.25, 0.3) is 0 Å². The maximum absolute atomic E-state index is 12.9. The number of hydrogen-bond donors (Lipinski definition) is 0. The van der Waals surface area contributed by atoms with Gasteiger partial charge in [-0.25, -0.2) is 4.39 Å². The van der Waals surface area contributed by atoms with E-state index >= 15 is 0 Å². The largest absolute Gasteiger partial charge is 0.340 e. The van der Waals surface area contributed by atoms with Gasteiger partial charge < -0.3 is 4.90 Å². The lowest BCUT2D eigenvalue weighted by molar-refractivity contribution is -0.132. The Bertz CT molecular complexity index is 460. The van der Waals surface area contributed by atoms with E-state index in [2.05, 4.69) is 11.8 Å². The molecule has 21 heavy (non-hydrogen) atoms. The van der Waals surface area contributed by atoms with Gasteiger partial charge in [0, 0.05) is 19.6 Å². The molecular formula is C17H25FN2O. The highest BCUT2D eigenvalue weighted by molar-refractivity contribution is 5.78. The van der Waals surface area contributed by atoms with Gasteiger partial charge in [0.1, 0.15) is 5.82 Å². The van der Waals surface area contributed by atoms with Gasteiger partial charge in [0.05, 0.1) is 6.54 Å². The van der Waals surface area contributed by atoms with Gasteiger partial charge in [-0.2, -0.15) is 0 Å². The van der Waals surface area contributed by atoms with E-state index in [0.717, 1.165) is 18.5 Å². The summed E-state index contributed by atoms with van der Waals surface area (Å²) in [7, 11) is 1.82. The highest BCUT2D eigenvalue weighted by Crippen LogP contribution is 2.19. The normalized spacial score (nSPS) is 19.5. The standard InChI is InChI=1S/C17H25FN2O/c1-3-16-6-4-5-11-20(16)13-17(21)19(2)12-14-7-9-15(18)10-8-14/h7-10,16H,3-6,11-13H2,1-2H3. The Kier molecular flexibility index (Phi) is 5.74. The van der Waals surface area contributed by atoms with Gasteiger partial charge in [-0.15, -0.1) is 0 Å². The second kappa shape index (κ2) is 7.55. The molecule has 0 radical (unpaired) electrons. The fourth-order valence-corrected chi connectivity index (χ4v) is 2.98. The lowest BCUT2D eigenvalue weighted by Gasteiger charge is -2.35. The van der Waals surface area contributed by atoms with E-state index in [1.165, 1.54) is 31.4 Å². The van der Waals surface area contributed by atoms with E-state index < -0.39 is 0 Å². The molecule has 0 saturated carbocycles. The summed E-state index contributed by atoms with van der Waals surface area (Å²) in [6.07, 6.45) is 4.76. The Labute approximate surface area is 126 Å². The van der Waals surface area contributed by atoms with Crippen molar-refractivity contribution in [1.82, 2.24) is 9.80 Å². The third kappa shape index (κ3) is 4.53. The van der Waals surface area contributed by atoms with Crippen LogP contribution in [0.15, 0.2) is 24.3 Å². The van der Waals surface area contributed by atoms with Crippen molar-refractivity contribution < 1.29 is 9.18 Å². The van der Waals surface area contributed by atoms with Gasteiger partial charge >= 0.3 is 0 Å². The topological polar surface area (TPSA) is 23.6 Å². The second-order valence-corrected chi connectivity index (χ2v) is 5.90. The molecule has 0 bridgehead atoms. The number of benzene rings is 1. The molecule has 0 aromatic heterocycles. The average molecular weight is 292 g/mol. The SMILES string of the molecule is CCC1CCCCN1CC(=O)N(C)Cc1ccc(F)cc1. The first kappa shape index (κ1) is 16.0. The van der Waals surface area contributed by atoms with Crippen LogP contribution in [0, 0.1) is 5.82 Å². The number of carbonyl (C=O) groups excluding carboxylic acids is 1. The molecule has 1 unspecified atom stereocenters. The average Bonchev–Trinajstić information content (AvgIpc) is 2.50. The van der Waals surface area contributed by atoms with Crippen LogP contribution in [0.2, 0.25) is 0 Å². The molecule has 1 heterocycles. The lowest BCUT2D eigenvalue weighted by atomic mass is 10.00. The Morgan fingerprint density at radius 3 is 2.71 bits per heavy atom. The molecule has 1 aromatic carbocycles. The first-order valence-corrected chi connectivity index (χ1v) is 7.82. The minimum absolute atomic E-state index is 0.139. The highest BCUT2D eigenvalue weighted by atomic mass is 19.1. The number of rotatable bonds is 5. The molecule has 4 heteroatoms. The number of likely N-dealkylation sites (N-methyl/N-ethyl adjacent to an activating group) is 1. The van der Waals surface area contributed by atoms with Crippen LogP contribution in [0.3, 0.4) is 0 Å². The van der Waals surface area contributed by atoms with Gasteiger partial charge in [-0.05, 0) is 43.5 Å². The fourth-order valence-electron chi connectivity index (χ4n) is 2.98. The van der Waals surface area contributed by atoms with Crippen LogP contribution in [0.4, 0.5) is 4.39 Å². The number of amides is 1. The van der Waals surface area contributed by atoms with Crippen LogP contribution in [-0.4, -0.2) is 41.9 Å². The summed E-state index contributed by atoms with van der Waals surface area (Å²) in [5, 5.41) is 0. The Morgan fingerprint density at radius 2 is 2.05 bits per heavy atom. The summed E-state index contributed by atoms with van der Waals surface area (Å²) in [5.74, 6) is -0.105. The van der Waals surface area contributed by atoms with E-state index in [1.54, 1.807) is 17.0 Å². The van der Waals surface area contributed by atoms with Crippen molar-refractivity contribution in [3.05, 3.63) is 35.6 Å². The zero-order chi connectivity index (χ0) is 15.2. The Hall–Kier alpha value is -1.42. The number of piperidine rings is 1. The van der Waals surface area contributed by atoms with Gasteiger partial charge in [0.2, 0.25) is 5.91 Å². The predicted octanol–water partition coefficient (Wildman–Crippen LogP) is 3.05. The van der Waals surface area contributed by atoms with E-state index in [0.29, 0.717) is 19.1 Å². The molecular weight excluding hydrogens is 267 g/mol. The van der Waals surface area contributed by atoms with Crippen LogP contribution in [0.1, 0.15) is 38.2 Å². The third-order valence-electron chi connectivity index (χ3n) is 4.32. The Balaban J connectivity index is 1.88. The Morgan fingerprint density at radius 1 is 1.33 bits per heavy atom. The molecule has 0 N–H and O–H groups in total. The molecule has 1 amide bonds. The minimum Gasteiger partial charge on any atom is -0.340 e. The summed E-state index contributed by atoms with van der Waals surface area (Å²) < 4.78 is 12.9. The van der Waals surface area contributed by atoms with Gasteiger partial charge in [-0.1, -0.05) is 25.5 Å². The first-order chi connectivity index (χ1) is 10.1. The molecule has 1 saturated heterocycles. The smallest absolute Gasteiger partial charge is 0.236 e. The van der Waals surface area contributed by atoms with Crippen molar-refractivity contribution in [3.63, 3.8) is 0 Å². The van der Waals surface area contributed by atoms with Crippen molar-refractivity contribution in [2.45, 2.75) is 45.2 Å². The molecule has 0 aliphatic carbocycles. The van der Waals surface area contributed by atoms with Gasteiger partial charge in [-0.3, -0.25) is 9.69 Å². The molecule has 1 aliphatic rings. The van der Waals surface area contributed by atoms with Crippen molar-refractivity contribution in [2.75, 3.05) is 20.1 Å². The molecule has 1 atom stereocenters. The third-order valence-corrected chi connectivity index (χ3v) is 4.32. The molecule has 116 valence electrons. The molecule has 1 fully saturated rings. The van der Waals surface area contributed by atoms with E-state index in [1.807, 2.05) is 7.05 Å². The molecule has 2 rings (SSSR count). The monoisotopic (exact) mass is 292 g/mol. The van der Waals surface area contributed by atoms with Crippen molar-refractivity contribution in [1.29, 1.82) is 0 Å². The van der Waals surface area contributed by atoms with Crippen LogP contribution in [0.5, 0.6) is 0 Å². The molecule has 1 aromatic rings. The molecule has 0 spiro atoms. The maximum Gasteiger partial charge on any atom is 0.236 e. The number of nitrogens with zero attached hydrogens (tertiary/aromatic N) is 2. The van der Waals surface area contributed by atoms with Crippen LogP contribution >= 0.6 is 0 Å². The number of likely N-dealkylation sites (tertiary alicyclic amines) is 1. The fraction of sp³-hybridized carbons (Fsp3) is 0.588. The highest BCUT2D eigenvalue weighted by Gasteiger charge is 2.23. The molecule has 1 aliphatic heterocycles. The second-order valence-electron chi connectivity index (χ2n) is 5.90. The summed E-state index contributed by atoms with van der Waals surface area (Å²) in [6.45, 7) is 4.24. The minimum atomic E-state index is -0.244. The van der Waals surface area contributed by atoms with Crippen LogP contribution in [0.25, 0.3) is 0 Å². The zero-order valence-electron chi connectivity index (χ0n) is 13.0. The lowest BCUT2D eigenvalue weighted by Crippen LogP contribution is -2.45. The zero-order valence-corrected chi connectivity index (χ0v) is 13.0. The number of hydrogen-bond acceptors (Lipinski definition) is 2. The quantitative estimate of drug-likeness (QED) is 0.833. The summed E-state index contributed by atoms with van der Waals surface area (Å²) in [6, 6.07) is 6.88. The van der Waals surface area contributed by atoms with Crippen molar-refractivity contribution in [3.8, 4) is 0 Å². The first-order valence-electron chi connectivity index (χ1n) is 7.82. The maximum atomic E-state index is 12.9. The molecule has 3 nitrogen and oxygen atoms in total. The van der Waals surface area contributed by atoms with E-state index in [9.17, 15) is 9.18 Å². The number of carbonyl (C=O) groups is 1. The summed E-state index contributed by atoms with van der Waals surface area (Å²) in [4.78, 5) is 16.4. The van der Waals surface area contributed by atoms with E-state index in [-0.39, 0.29) is 11.7 Å². The number of halogens is 1. The van der Waals surface area contributed by atoms with Crippen LogP contribution < -0.4 is 0 Å². The van der Waals surface area contributed by atoms with Crippen molar-refractivity contribution in [2.24, 2.45) is 0 Å². The predicted molar refractivity (Wildman–Crippen MR) is 82.4 cm³/mol. The summed E-state index contributed by atoms with van der Waals surface area (Å²) >= 11 is 0. The van der Waals surface area contributed by atoms with E-state index in [4.69, 9.17) is 0 Å². The van der Waals surface area contributed by atoms with Gasteiger partial charge in [0.15, 0.2) is 0 Å².